The molecule has 2 aliphatic rings. The fraction of sp³-hybridized carbons (Fsp3) is 0.600. The molecule has 0 aromatic heterocycles. The molecule has 2 nitrogen and oxygen atoms in total. The van der Waals surface area contributed by atoms with E-state index in [9.17, 15) is 0 Å². The second-order valence-corrected chi connectivity index (χ2v) is 6.49. The van der Waals surface area contributed by atoms with Gasteiger partial charge in [-0.2, -0.15) is 0 Å². The van der Waals surface area contributed by atoms with Gasteiger partial charge in [-0.3, -0.25) is 0 Å². The van der Waals surface area contributed by atoms with Crippen molar-refractivity contribution in [2.45, 2.75) is 50.2 Å². The third-order valence-corrected chi connectivity index (χ3v) is 4.48. The highest BCUT2D eigenvalue weighted by Gasteiger charge is 2.39. The van der Waals surface area contributed by atoms with Gasteiger partial charge in [0.25, 0.3) is 0 Å². The Morgan fingerprint density at radius 2 is 2.17 bits per heavy atom. The molecule has 2 saturated carbocycles. The van der Waals surface area contributed by atoms with Gasteiger partial charge in [-0.1, -0.05) is 22.0 Å². The summed E-state index contributed by atoms with van der Waals surface area (Å²) in [5, 5.41) is 3.59. The fourth-order valence-electron chi connectivity index (χ4n) is 2.55. The summed E-state index contributed by atoms with van der Waals surface area (Å²) in [4.78, 5) is 0. The summed E-state index contributed by atoms with van der Waals surface area (Å²) < 4.78 is 7.34. The van der Waals surface area contributed by atoms with Crippen LogP contribution in [0.1, 0.15) is 38.5 Å². The summed E-state index contributed by atoms with van der Waals surface area (Å²) in [5.41, 5.74) is 0.0999. The van der Waals surface area contributed by atoms with Gasteiger partial charge in [-0.15, -0.1) is 0 Å². The van der Waals surface area contributed by atoms with Gasteiger partial charge in [0.15, 0.2) is 0 Å². The van der Waals surface area contributed by atoms with Crippen LogP contribution in [0.15, 0.2) is 28.7 Å². The first-order valence-electron chi connectivity index (χ1n) is 6.94. The standard InChI is InChI=1S/C15H20BrNO/c16-12-3-1-4-14(11-12)18-15(7-2-8-15)9-10-17-13-5-6-13/h1,3-4,11,13,17H,2,5-10H2. The minimum Gasteiger partial charge on any atom is -0.487 e. The SMILES string of the molecule is Brc1cccc(OC2(CCNC3CC3)CCC2)c1. The van der Waals surface area contributed by atoms with Crippen molar-refractivity contribution in [3.63, 3.8) is 0 Å². The van der Waals surface area contributed by atoms with Crippen LogP contribution in [0.25, 0.3) is 0 Å². The number of rotatable bonds is 6. The maximum atomic E-state index is 6.25. The van der Waals surface area contributed by atoms with E-state index in [-0.39, 0.29) is 5.60 Å². The molecule has 0 heterocycles. The Hall–Kier alpha value is -0.540. The summed E-state index contributed by atoms with van der Waals surface area (Å²) in [5.74, 6) is 0.996. The third kappa shape index (κ3) is 3.07. The van der Waals surface area contributed by atoms with E-state index in [1.807, 2.05) is 12.1 Å². The van der Waals surface area contributed by atoms with E-state index in [4.69, 9.17) is 4.74 Å². The first-order chi connectivity index (χ1) is 8.76. The van der Waals surface area contributed by atoms with Crippen molar-refractivity contribution in [1.29, 1.82) is 0 Å². The van der Waals surface area contributed by atoms with Crippen LogP contribution in [0.3, 0.4) is 0 Å². The van der Waals surface area contributed by atoms with Crippen LogP contribution in [0, 0.1) is 0 Å². The predicted octanol–water partition coefficient (Wildman–Crippen LogP) is 3.89. The highest BCUT2D eigenvalue weighted by Crippen LogP contribution is 2.39. The summed E-state index contributed by atoms with van der Waals surface area (Å²) in [6, 6.07) is 8.99. The van der Waals surface area contributed by atoms with Gasteiger partial charge in [0.2, 0.25) is 0 Å². The maximum Gasteiger partial charge on any atom is 0.121 e. The van der Waals surface area contributed by atoms with Crippen molar-refractivity contribution in [1.82, 2.24) is 5.32 Å². The highest BCUT2D eigenvalue weighted by molar-refractivity contribution is 9.10. The molecular weight excluding hydrogens is 290 g/mol. The molecule has 2 aliphatic carbocycles. The van der Waals surface area contributed by atoms with E-state index < -0.39 is 0 Å². The van der Waals surface area contributed by atoms with E-state index >= 15 is 0 Å². The summed E-state index contributed by atoms with van der Waals surface area (Å²) in [6.07, 6.45) is 7.56. The maximum absolute atomic E-state index is 6.25. The zero-order valence-electron chi connectivity index (χ0n) is 10.6. The zero-order valence-corrected chi connectivity index (χ0v) is 12.2. The van der Waals surface area contributed by atoms with Gasteiger partial charge in [-0.25, -0.2) is 0 Å². The van der Waals surface area contributed by atoms with E-state index in [2.05, 4.69) is 33.4 Å². The smallest absolute Gasteiger partial charge is 0.121 e. The molecule has 2 fully saturated rings. The number of benzene rings is 1. The first-order valence-corrected chi connectivity index (χ1v) is 7.73. The summed E-state index contributed by atoms with van der Waals surface area (Å²) in [6.45, 7) is 1.10. The minimum atomic E-state index is 0.0999. The van der Waals surface area contributed by atoms with Crippen LogP contribution in [0.4, 0.5) is 0 Å². The Kier molecular flexibility index (Phi) is 3.62. The van der Waals surface area contributed by atoms with Crippen LogP contribution in [0.2, 0.25) is 0 Å². The van der Waals surface area contributed by atoms with Crippen molar-refractivity contribution in [2.24, 2.45) is 0 Å². The highest BCUT2D eigenvalue weighted by atomic mass is 79.9. The van der Waals surface area contributed by atoms with Crippen molar-refractivity contribution in [3.05, 3.63) is 28.7 Å². The lowest BCUT2D eigenvalue weighted by Gasteiger charge is -2.42. The van der Waals surface area contributed by atoms with Gasteiger partial charge in [-0.05, 0) is 63.3 Å². The van der Waals surface area contributed by atoms with Crippen LogP contribution in [0.5, 0.6) is 5.75 Å². The van der Waals surface area contributed by atoms with Crippen molar-refractivity contribution in [3.8, 4) is 5.75 Å². The molecule has 3 heteroatoms. The monoisotopic (exact) mass is 309 g/mol. The molecule has 1 aromatic rings. The molecule has 0 unspecified atom stereocenters. The van der Waals surface area contributed by atoms with Gasteiger partial charge in [0.05, 0.1) is 0 Å². The summed E-state index contributed by atoms with van der Waals surface area (Å²) >= 11 is 3.50. The molecule has 0 saturated heterocycles. The Bertz CT molecular complexity index is 413. The number of ether oxygens (including phenoxy) is 1. The van der Waals surface area contributed by atoms with Crippen molar-refractivity contribution in [2.75, 3.05) is 6.54 Å². The lowest BCUT2D eigenvalue weighted by Crippen LogP contribution is -2.45. The minimum absolute atomic E-state index is 0.0999. The number of halogens is 1. The number of hydrogen-bond acceptors (Lipinski definition) is 2. The van der Waals surface area contributed by atoms with Gasteiger partial charge in [0, 0.05) is 10.5 Å². The Morgan fingerprint density at radius 1 is 1.33 bits per heavy atom. The molecule has 0 radical (unpaired) electrons. The van der Waals surface area contributed by atoms with Crippen LogP contribution in [-0.2, 0) is 0 Å². The second-order valence-electron chi connectivity index (χ2n) is 5.57. The quantitative estimate of drug-likeness (QED) is 0.860. The molecule has 0 spiro atoms. The van der Waals surface area contributed by atoms with Gasteiger partial charge in [0.1, 0.15) is 11.4 Å². The average Bonchev–Trinajstić information content (AvgIpc) is 3.09. The lowest BCUT2D eigenvalue weighted by atomic mass is 9.77. The van der Waals surface area contributed by atoms with E-state index in [0.29, 0.717) is 0 Å². The molecule has 0 bridgehead atoms. The molecule has 98 valence electrons. The molecule has 1 N–H and O–H groups in total. The Balaban J connectivity index is 1.56. The molecular formula is C15H20BrNO. The van der Waals surface area contributed by atoms with E-state index in [0.717, 1.165) is 29.2 Å². The first kappa shape index (κ1) is 12.5. The lowest BCUT2D eigenvalue weighted by molar-refractivity contribution is -0.0143. The van der Waals surface area contributed by atoms with Crippen LogP contribution < -0.4 is 10.1 Å². The zero-order chi connectivity index (χ0) is 12.4. The molecule has 3 rings (SSSR count). The topological polar surface area (TPSA) is 21.3 Å². The average molecular weight is 310 g/mol. The Labute approximate surface area is 117 Å². The number of hydrogen-bond donors (Lipinski definition) is 1. The van der Waals surface area contributed by atoms with Crippen molar-refractivity contribution >= 4 is 15.9 Å². The van der Waals surface area contributed by atoms with Gasteiger partial charge < -0.3 is 10.1 Å². The second kappa shape index (κ2) is 5.22. The largest absolute Gasteiger partial charge is 0.487 e. The van der Waals surface area contributed by atoms with Crippen LogP contribution >= 0.6 is 15.9 Å². The molecule has 18 heavy (non-hydrogen) atoms. The normalized spacial score (nSPS) is 21.4. The van der Waals surface area contributed by atoms with E-state index in [1.165, 1.54) is 32.1 Å². The third-order valence-electron chi connectivity index (χ3n) is 3.99. The number of nitrogens with one attached hydrogen (secondary N) is 1. The fourth-order valence-corrected chi connectivity index (χ4v) is 2.92. The van der Waals surface area contributed by atoms with Gasteiger partial charge >= 0.3 is 0 Å². The van der Waals surface area contributed by atoms with Crippen LogP contribution in [-0.4, -0.2) is 18.2 Å². The Morgan fingerprint density at radius 3 is 2.78 bits per heavy atom. The molecule has 0 amide bonds. The predicted molar refractivity (Wildman–Crippen MR) is 77.0 cm³/mol. The van der Waals surface area contributed by atoms with Crippen molar-refractivity contribution < 1.29 is 4.74 Å². The molecule has 0 atom stereocenters. The molecule has 0 aliphatic heterocycles. The van der Waals surface area contributed by atoms with E-state index in [1.54, 1.807) is 0 Å². The molecule has 1 aromatic carbocycles. The summed E-state index contributed by atoms with van der Waals surface area (Å²) in [7, 11) is 0.